The van der Waals surface area contributed by atoms with E-state index in [1.54, 1.807) is 31.0 Å². The van der Waals surface area contributed by atoms with Gasteiger partial charge in [-0.15, -0.1) is 0 Å². The van der Waals surface area contributed by atoms with Crippen LogP contribution < -0.4 is 27.3 Å². The summed E-state index contributed by atoms with van der Waals surface area (Å²) in [6, 6.07) is 0. The van der Waals surface area contributed by atoms with Gasteiger partial charge in [0.1, 0.15) is 0 Å². The molecule has 0 aliphatic carbocycles. The van der Waals surface area contributed by atoms with Gasteiger partial charge in [-0.2, -0.15) is 0 Å². The van der Waals surface area contributed by atoms with E-state index in [9.17, 15) is 0 Å². The molecule has 6 heteroatoms. The number of hydrogen-bond acceptors (Lipinski definition) is 3. The van der Waals surface area contributed by atoms with Crippen molar-refractivity contribution in [2.75, 3.05) is 0 Å². The molecule has 1 aliphatic heterocycles. The first-order chi connectivity index (χ1) is 11.9. The molecule has 0 aromatic carbocycles. The van der Waals surface area contributed by atoms with Gasteiger partial charge in [-0.05, 0) is 40.2 Å². The van der Waals surface area contributed by atoms with Gasteiger partial charge in [0.15, 0.2) is 12.4 Å². The molecule has 0 unspecified atom stereocenters. The zero-order valence-electron chi connectivity index (χ0n) is 13.5. The van der Waals surface area contributed by atoms with Crippen molar-refractivity contribution >= 4 is 34.6 Å². The van der Waals surface area contributed by atoms with Crippen molar-refractivity contribution in [3.8, 4) is 0 Å². The third-order valence-corrected chi connectivity index (χ3v) is 2.80. The van der Waals surface area contributed by atoms with Crippen molar-refractivity contribution in [1.29, 1.82) is 0 Å². The predicted octanol–water partition coefficient (Wildman–Crippen LogP) is -0.154. The van der Waals surface area contributed by atoms with Crippen LogP contribution in [0.2, 0.25) is 0 Å². The van der Waals surface area contributed by atoms with Crippen LogP contribution in [0.1, 0.15) is 0 Å². The summed E-state index contributed by atoms with van der Waals surface area (Å²) in [6.07, 6.45) is 32.9. The van der Waals surface area contributed by atoms with Crippen molar-refractivity contribution in [1.82, 2.24) is 5.32 Å². The summed E-state index contributed by atoms with van der Waals surface area (Å²) >= 11 is 3.39. The highest BCUT2D eigenvalue weighted by molar-refractivity contribution is 9.11. The third kappa shape index (κ3) is 16.3. The number of hydrogen-bond donors (Lipinski definition) is 2. The van der Waals surface area contributed by atoms with Crippen molar-refractivity contribution < 1.29 is 22.0 Å². The Morgan fingerprint density at radius 3 is 2.20 bits per heavy atom. The van der Waals surface area contributed by atoms with E-state index < -0.39 is 0 Å². The average Bonchev–Trinajstić information content (AvgIpc) is 2.58. The van der Waals surface area contributed by atoms with Crippen molar-refractivity contribution in [2.24, 2.45) is 9.98 Å². The fourth-order valence-electron chi connectivity index (χ4n) is 1.27. The van der Waals surface area contributed by atoms with Crippen LogP contribution in [0.5, 0.6) is 0 Å². The Hall–Kier alpha value is -2.31. The largest absolute Gasteiger partial charge is 1.00 e. The molecule has 0 amide bonds. The zero-order chi connectivity index (χ0) is 17.1. The van der Waals surface area contributed by atoms with Gasteiger partial charge in [-0.25, -0.2) is 4.99 Å². The lowest BCUT2D eigenvalue weighted by atomic mass is 10.4. The molecule has 0 saturated heterocycles. The van der Waals surface area contributed by atoms with Crippen LogP contribution in [-0.4, -0.2) is 18.6 Å². The van der Waals surface area contributed by atoms with E-state index in [-0.39, 0.29) is 17.0 Å². The smallest absolute Gasteiger partial charge is 0.168 e. The van der Waals surface area contributed by atoms with Crippen molar-refractivity contribution in [3.05, 3.63) is 96.2 Å². The van der Waals surface area contributed by atoms with E-state index in [1.807, 2.05) is 79.3 Å². The van der Waals surface area contributed by atoms with E-state index in [0.29, 0.717) is 0 Å². The summed E-state index contributed by atoms with van der Waals surface area (Å²) in [4.78, 5) is 11.2. The second-order valence-electron chi connectivity index (χ2n) is 4.14. The number of rotatable bonds is 0. The van der Waals surface area contributed by atoms with Crippen LogP contribution in [0.15, 0.2) is 106 Å². The first kappa shape index (κ1) is 22.7. The summed E-state index contributed by atoms with van der Waals surface area (Å²) in [5, 5.41) is 3.06. The molecule has 25 heavy (non-hydrogen) atoms. The maximum Gasteiger partial charge on any atom is 0.168 e. The van der Waals surface area contributed by atoms with Gasteiger partial charge in [-0.3, -0.25) is 9.98 Å². The monoisotopic (exact) mass is 462 g/mol. The second-order valence-corrected chi connectivity index (χ2v) is 5.00. The molecular weight excluding hydrogens is 444 g/mol. The Bertz CT molecular complexity index is 674. The average molecular weight is 464 g/mol. The highest BCUT2D eigenvalue weighted by atomic mass is 79.9. The first-order valence-corrected chi connectivity index (χ1v) is 8.09. The topological polar surface area (TPSA) is 50.7 Å². The summed E-state index contributed by atoms with van der Waals surface area (Å²) in [5.74, 6) is 0. The van der Waals surface area contributed by atoms with E-state index in [4.69, 9.17) is 0 Å². The molecule has 0 bridgehead atoms. The highest BCUT2D eigenvalue weighted by Gasteiger charge is 1.81. The fourth-order valence-corrected chi connectivity index (χ4v) is 1.52. The maximum absolute atomic E-state index is 4.13. The molecule has 0 aromatic heterocycles. The standard InChI is InChI=1S/C19H19BrN4.BrH/c20-19-11-18-23-14-7-3-1-2-6-12-21-15-10-16-22-13-8-4-5-9-17-24-19;/h1-18,24H;1H/b3-1-,5-4-,6-2-,13-8-,14-7-,15-10-,17-9-,19-11-,21-12+,22-16-,23-18+;. The Kier molecular flexibility index (Phi) is 16.4. The second kappa shape index (κ2) is 18.0. The van der Waals surface area contributed by atoms with Crippen LogP contribution in [0.3, 0.4) is 0 Å². The molecule has 4 nitrogen and oxygen atoms in total. The molecule has 130 valence electrons. The van der Waals surface area contributed by atoms with Gasteiger partial charge in [0.05, 0.1) is 4.61 Å². The van der Waals surface area contributed by atoms with Crippen LogP contribution >= 0.6 is 15.9 Å². The minimum atomic E-state index is 0. The third-order valence-electron chi connectivity index (χ3n) is 2.30. The quantitative estimate of drug-likeness (QED) is 0.482. The van der Waals surface area contributed by atoms with Crippen LogP contribution in [0.25, 0.3) is 0 Å². The molecule has 0 radical (unpaired) electrons. The van der Waals surface area contributed by atoms with Gasteiger partial charge in [-0.1, -0.05) is 30.4 Å². The number of halogens is 2. The molecule has 1 rings (SSSR count). The van der Waals surface area contributed by atoms with E-state index in [2.05, 4.69) is 36.2 Å². The van der Waals surface area contributed by atoms with Crippen LogP contribution in [-0.2, 0) is 0 Å². The summed E-state index contributed by atoms with van der Waals surface area (Å²) < 4.78 is 0.816. The number of allylic oxidation sites excluding steroid dienone is 11. The van der Waals surface area contributed by atoms with Gasteiger partial charge >= 0.3 is 0 Å². The van der Waals surface area contributed by atoms with Gasteiger partial charge in [0, 0.05) is 43.2 Å². The normalized spacial score (nSPS) is 30.5. The van der Waals surface area contributed by atoms with E-state index in [0.717, 1.165) is 4.61 Å². The van der Waals surface area contributed by atoms with Crippen molar-refractivity contribution in [2.45, 2.75) is 0 Å². The highest BCUT2D eigenvalue weighted by Crippen LogP contribution is 1.97. The molecule has 1 heterocycles. The summed E-state index contributed by atoms with van der Waals surface area (Å²) in [5.41, 5.74) is 0. The number of nitrogens with zero attached hydrogens (tertiary/aromatic N) is 2. The molecule has 1 aliphatic rings. The summed E-state index contributed by atoms with van der Waals surface area (Å²) in [7, 11) is 0. The SMILES string of the molecule is Br/C1=C/C=N/C=C\C=C/C=C\C=[NH+]\C=C/C=N\C=C/C=C\C=C/N1.[Br-]. The number of nitrogens with one attached hydrogen (secondary N) is 2. The molecule has 0 saturated carbocycles. The Morgan fingerprint density at radius 2 is 1.40 bits per heavy atom. The zero-order valence-corrected chi connectivity index (χ0v) is 16.7. The molecule has 0 fully saturated rings. The van der Waals surface area contributed by atoms with Crippen molar-refractivity contribution in [3.63, 3.8) is 0 Å². The fraction of sp³-hybridized carbons (Fsp3) is 0. The van der Waals surface area contributed by atoms with Crippen LogP contribution in [0, 0.1) is 0 Å². The lowest BCUT2D eigenvalue weighted by molar-refractivity contribution is -0.365. The van der Waals surface area contributed by atoms with Gasteiger partial charge in [0.25, 0.3) is 0 Å². The molecule has 0 spiro atoms. The lowest BCUT2D eigenvalue weighted by Gasteiger charge is -1.93. The molecular formula is C19H20Br2N4. The Morgan fingerprint density at radius 1 is 0.760 bits per heavy atom. The molecule has 0 atom stereocenters. The van der Waals surface area contributed by atoms with E-state index >= 15 is 0 Å². The number of aliphatic imine (C=N–C) groups is 2. The van der Waals surface area contributed by atoms with Gasteiger partial charge < -0.3 is 22.3 Å². The minimum Gasteiger partial charge on any atom is -1.00 e. The van der Waals surface area contributed by atoms with Gasteiger partial charge in [0.2, 0.25) is 0 Å². The van der Waals surface area contributed by atoms with E-state index in [1.165, 1.54) is 0 Å². The Labute approximate surface area is 167 Å². The Balaban J connectivity index is 0.00000576. The molecule has 2 N–H and O–H groups in total. The first-order valence-electron chi connectivity index (χ1n) is 7.29. The maximum atomic E-state index is 4.13. The lowest BCUT2D eigenvalue weighted by Crippen LogP contribution is -3.00. The summed E-state index contributed by atoms with van der Waals surface area (Å²) in [6.45, 7) is 0. The predicted molar refractivity (Wildman–Crippen MR) is 108 cm³/mol. The minimum absolute atomic E-state index is 0. The van der Waals surface area contributed by atoms with Crippen LogP contribution in [0.4, 0.5) is 0 Å². The molecule has 0 aromatic rings.